The van der Waals surface area contributed by atoms with Crippen LogP contribution >= 0.6 is 0 Å². The van der Waals surface area contributed by atoms with Crippen LogP contribution in [0.15, 0.2) is 18.2 Å². The predicted molar refractivity (Wildman–Crippen MR) is 48.5 cm³/mol. The predicted octanol–water partition coefficient (Wildman–Crippen LogP) is 2.79. The van der Waals surface area contributed by atoms with Crippen LogP contribution in [0, 0.1) is 11.6 Å². The lowest BCUT2D eigenvalue weighted by atomic mass is 9.91. The van der Waals surface area contributed by atoms with E-state index in [-0.39, 0.29) is 0 Å². The van der Waals surface area contributed by atoms with E-state index in [0.29, 0.717) is 12.1 Å². The molecule has 0 fully saturated rings. The molecule has 0 heterocycles. The lowest BCUT2D eigenvalue weighted by molar-refractivity contribution is -0.0675. The first kappa shape index (κ1) is 12.0. The van der Waals surface area contributed by atoms with Crippen molar-refractivity contribution in [3.8, 4) is 0 Å². The van der Waals surface area contributed by atoms with Crippen molar-refractivity contribution in [1.82, 2.24) is 0 Å². The van der Waals surface area contributed by atoms with E-state index in [1.807, 2.05) is 0 Å². The highest BCUT2D eigenvalue weighted by molar-refractivity contribution is 5.25. The maximum absolute atomic E-state index is 13.6. The summed E-state index contributed by atoms with van der Waals surface area (Å²) in [5.74, 6) is -5.89. The number of alkyl halides is 2. The molecule has 1 aromatic rings. The molecular weight excluding hydrogens is 210 g/mol. The van der Waals surface area contributed by atoms with E-state index in [2.05, 4.69) is 0 Å². The molecule has 84 valence electrons. The summed E-state index contributed by atoms with van der Waals surface area (Å²) in [6, 6.07) is 1.95. The van der Waals surface area contributed by atoms with Gasteiger partial charge in [-0.2, -0.15) is 8.78 Å². The first-order valence-corrected chi connectivity index (χ1v) is 4.28. The zero-order valence-electron chi connectivity index (χ0n) is 8.32. The molecule has 0 radical (unpaired) electrons. The largest absolute Gasteiger partial charge is 0.320 e. The maximum atomic E-state index is 13.6. The third-order valence-corrected chi connectivity index (χ3v) is 2.09. The third-order valence-electron chi connectivity index (χ3n) is 2.09. The van der Waals surface area contributed by atoms with Crippen molar-refractivity contribution in [3.63, 3.8) is 0 Å². The minimum atomic E-state index is -3.42. The van der Waals surface area contributed by atoms with E-state index in [1.54, 1.807) is 0 Å². The second-order valence-corrected chi connectivity index (χ2v) is 3.92. The fourth-order valence-electron chi connectivity index (χ4n) is 1.06. The average Bonchev–Trinajstić information content (AvgIpc) is 2.07. The van der Waals surface area contributed by atoms with Gasteiger partial charge in [0.05, 0.1) is 5.54 Å². The van der Waals surface area contributed by atoms with Gasteiger partial charge in [0.15, 0.2) is 11.6 Å². The molecule has 0 saturated heterocycles. The third kappa shape index (κ3) is 2.12. The number of hydrogen-bond acceptors (Lipinski definition) is 1. The Labute approximate surface area is 84.9 Å². The Bertz CT molecular complexity index is 368. The van der Waals surface area contributed by atoms with Crippen molar-refractivity contribution in [2.24, 2.45) is 5.73 Å². The van der Waals surface area contributed by atoms with Crippen molar-refractivity contribution >= 4 is 0 Å². The van der Waals surface area contributed by atoms with E-state index in [4.69, 9.17) is 5.73 Å². The molecule has 0 spiro atoms. The number of rotatable bonds is 2. The van der Waals surface area contributed by atoms with E-state index in [1.165, 1.54) is 0 Å². The van der Waals surface area contributed by atoms with Gasteiger partial charge in [-0.25, -0.2) is 8.78 Å². The first-order valence-electron chi connectivity index (χ1n) is 4.28. The Hall–Kier alpha value is -1.10. The SMILES string of the molecule is CC(C)(N)C(F)(F)c1ccc(F)c(F)c1. The van der Waals surface area contributed by atoms with Crippen molar-refractivity contribution < 1.29 is 17.6 Å². The fourth-order valence-corrected chi connectivity index (χ4v) is 1.06. The topological polar surface area (TPSA) is 26.0 Å². The molecule has 0 atom stereocenters. The molecule has 0 aliphatic heterocycles. The molecule has 5 heteroatoms. The maximum Gasteiger partial charge on any atom is 0.290 e. The molecule has 0 saturated carbocycles. The molecule has 0 aliphatic rings. The molecule has 0 aromatic heterocycles. The molecule has 0 unspecified atom stereocenters. The van der Waals surface area contributed by atoms with Crippen molar-refractivity contribution in [1.29, 1.82) is 0 Å². The Kier molecular flexibility index (Phi) is 2.78. The average molecular weight is 221 g/mol. The lowest BCUT2D eigenvalue weighted by Crippen LogP contribution is -2.48. The van der Waals surface area contributed by atoms with Crippen LogP contribution in [0.1, 0.15) is 19.4 Å². The molecule has 15 heavy (non-hydrogen) atoms. The number of halogens is 4. The van der Waals surface area contributed by atoms with Gasteiger partial charge in [-0.3, -0.25) is 0 Å². The summed E-state index contributed by atoms with van der Waals surface area (Å²) in [4.78, 5) is 0. The van der Waals surface area contributed by atoms with Crippen LogP contribution in [-0.4, -0.2) is 5.54 Å². The first-order chi connectivity index (χ1) is 6.66. The van der Waals surface area contributed by atoms with Crippen molar-refractivity contribution in [2.45, 2.75) is 25.3 Å². The number of nitrogens with two attached hydrogens (primary N) is 1. The van der Waals surface area contributed by atoms with Gasteiger partial charge in [0.25, 0.3) is 5.92 Å². The minimum absolute atomic E-state index is 0.462. The summed E-state index contributed by atoms with van der Waals surface area (Å²) in [7, 11) is 0. The van der Waals surface area contributed by atoms with Crippen LogP contribution in [0.5, 0.6) is 0 Å². The molecule has 0 aliphatic carbocycles. The van der Waals surface area contributed by atoms with Gasteiger partial charge < -0.3 is 5.73 Å². The molecule has 0 amide bonds. The van der Waals surface area contributed by atoms with Gasteiger partial charge in [-0.15, -0.1) is 0 Å². The van der Waals surface area contributed by atoms with Crippen molar-refractivity contribution in [3.05, 3.63) is 35.4 Å². The molecular formula is C10H11F4N. The van der Waals surface area contributed by atoms with Crippen LogP contribution < -0.4 is 5.73 Å². The van der Waals surface area contributed by atoms with E-state index in [0.717, 1.165) is 19.9 Å². The summed E-state index contributed by atoms with van der Waals surface area (Å²) >= 11 is 0. The summed E-state index contributed by atoms with van der Waals surface area (Å²) in [5, 5.41) is 0. The zero-order valence-corrected chi connectivity index (χ0v) is 8.32. The molecule has 1 aromatic carbocycles. The van der Waals surface area contributed by atoms with Crippen molar-refractivity contribution in [2.75, 3.05) is 0 Å². The Morgan fingerprint density at radius 3 is 2.00 bits per heavy atom. The quantitative estimate of drug-likeness (QED) is 0.763. The smallest absolute Gasteiger partial charge is 0.290 e. The van der Waals surface area contributed by atoms with Gasteiger partial charge in [-0.05, 0) is 32.0 Å². The van der Waals surface area contributed by atoms with E-state index >= 15 is 0 Å². The molecule has 1 nitrogen and oxygen atoms in total. The second-order valence-electron chi connectivity index (χ2n) is 3.92. The Morgan fingerprint density at radius 1 is 1.07 bits per heavy atom. The molecule has 0 bridgehead atoms. The van der Waals surface area contributed by atoms with Gasteiger partial charge in [0.1, 0.15) is 0 Å². The molecule has 1 rings (SSSR count). The zero-order chi connectivity index (χ0) is 11.9. The number of hydrogen-bond donors (Lipinski definition) is 1. The summed E-state index contributed by atoms with van der Waals surface area (Å²) in [6.07, 6.45) is 0. The van der Waals surface area contributed by atoms with Gasteiger partial charge in [0, 0.05) is 5.56 Å². The normalized spacial score (nSPS) is 13.0. The second kappa shape index (κ2) is 3.48. The van der Waals surface area contributed by atoms with Crippen LogP contribution in [0.4, 0.5) is 17.6 Å². The standard InChI is InChI=1S/C10H11F4N/c1-9(2,15)10(13,14)6-3-4-7(11)8(12)5-6/h3-5H,15H2,1-2H3. The van der Waals surface area contributed by atoms with Gasteiger partial charge in [0.2, 0.25) is 0 Å². The van der Waals surface area contributed by atoms with Gasteiger partial charge >= 0.3 is 0 Å². The van der Waals surface area contributed by atoms with Crippen LogP contribution in [0.3, 0.4) is 0 Å². The summed E-state index contributed by atoms with van der Waals surface area (Å²) < 4.78 is 52.4. The van der Waals surface area contributed by atoms with E-state index < -0.39 is 28.7 Å². The highest BCUT2D eigenvalue weighted by atomic mass is 19.3. The molecule has 2 N–H and O–H groups in total. The van der Waals surface area contributed by atoms with Gasteiger partial charge in [-0.1, -0.05) is 0 Å². The highest BCUT2D eigenvalue weighted by Gasteiger charge is 2.45. The van der Waals surface area contributed by atoms with Crippen LogP contribution in [0.25, 0.3) is 0 Å². The monoisotopic (exact) mass is 221 g/mol. The Balaban J connectivity index is 3.22. The fraction of sp³-hybridized carbons (Fsp3) is 0.400. The Morgan fingerprint density at radius 2 is 1.60 bits per heavy atom. The highest BCUT2D eigenvalue weighted by Crippen LogP contribution is 2.37. The van der Waals surface area contributed by atoms with E-state index in [9.17, 15) is 17.6 Å². The minimum Gasteiger partial charge on any atom is -0.320 e. The van der Waals surface area contributed by atoms with Crippen LogP contribution in [0.2, 0.25) is 0 Å². The lowest BCUT2D eigenvalue weighted by Gasteiger charge is -2.30. The summed E-state index contributed by atoms with van der Waals surface area (Å²) in [5.41, 5.74) is 2.80. The summed E-state index contributed by atoms with van der Waals surface area (Å²) in [6.45, 7) is 2.24. The number of benzene rings is 1. The van der Waals surface area contributed by atoms with Crippen LogP contribution in [-0.2, 0) is 5.92 Å².